The van der Waals surface area contributed by atoms with E-state index in [9.17, 15) is 19.1 Å². The first-order chi connectivity index (χ1) is 12.3. The van der Waals surface area contributed by atoms with E-state index in [1.165, 1.54) is 17.8 Å². The second-order valence-electron chi connectivity index (χ2n) is 7.07. The van der Waals surface area contributed by atoms with Gasteiger partial charge in [-0.05, 0) is 39.6 Å². The molecule has 0 radical (unpaired) electrons. The fraction of sp³-hybridized carbons (Fsp3) is 0.444. The molecule has 138 valence electrons. The number of likely N-dealkylation sites (N-methyl/N-ethyl adjacent to an activating group) is 1. The molecule has 1 aromatic heterocycles. The largest absolute Gasteiger partial charge is 0.477 e. The Bertz CT molecular complexity index is 988. The van der Waals surface area contributed by atoms with Crippen molar-refractivity contribution in [3.63, 3.8) is 0 Å². The van der Waals surface area contributed by atoms with Crippen LogP contribution in [0.3, 0.4) is 0 Å². The number of rotatable bonds is 3. The number of nitrogens with zero attached hydrogens (tertiary/aromatic N) is 3. The monoisotopic (exact) mass is 377 g/mol. The third-order valence-corrected chi connectivity index (χ3v) is 6.50. The first kappa shape index (κ1) is 17.4. The van der Waals surface area contributed by atoms with Crippen LogP contribution >= 0.6 is 11.8 Å². The molecule has 0 spiro atoms. The molecule has 0 saturated carbocycles. The maximum atomic E-state index is 14.8. The van der Waals surface area contributed by atoms with Crippen LogP contribution in [-0.4, -0.2) is 53.8 Å². The first-order valence-corrected chi connectivity index (χ1v) is 9.40. The SMILES string of the molecule is CC1Sc2c(C(=O)O)c(=O)c3cc(F)c(N4CCC(N(C)C)C4)cc3n21. The summed E-state index contributed by atoms with van der Waals surface area (Å²) >= 11 is 1.35. The van der Waals surface area contributed by atoms with E-state index in [0.29, 0.717) is 22.3 Å². The number of carboxylic acids is 1. The number of fused-ring (bicyclic) bond motifs is 3. The van der Waals surface area contributed by atoms with Gasteiger partial charge in [-0.2, -0.15) is 0 Å². The van der Waals surface area contributed by atoms with E-state index < -0.39 is 17.2 Å². The van der Waals surface area contributed by atoms with Crippen LogP contribution in [0.4, 0.5) is 10.1 Å². The number of hydrogen-bond acceptors (Lipinski definition) is 5. The molecule has 6 nitrogen and oxygen atoms in total. The second-order valence-corrected chi connectivity index (χ2v) is 8.38. The maximum Gasteiger partial charge on any atom is 0.342 e. The molecule has 1 fully saturated rings. The Morgan fingerprint density at radius 2 is 2.12 bits per heavy atom. The van der Waals surface area contributed by atoms with Crippen molar-refractivity contribution in [2.45, 2.75) is 29.8 Å². The van der Waals surface area contributed by atoms with Crippen molar-refractivity contribution in [3.8, 4) is 0 Å². The number of carboxylic acid groups (broad SMARTS) is 1. The molecule has 0 aliphatic carbocycles. The molecule has 1 saturated heterocycles. The topological polar surface area (TPSA) is 65.8 Å². The summed E-state index contributed by atoms with van der Waals surface area (Å²) in [6, 6.07) is 3.26. The lowest BCUT2D eigenvalue weighted by Crippen LogP contribution is -2.32. The summed E-state index contributed by atoms with van der Waals surface area (Å²) < 4.78 is 16.6. The van der Waals surface area contributed by atoms with Crippen LogP contribution in [0, 0.1) is 5.82 Å². The summed E-state index contributed by atoms with van der Waals surface area (Å²) in [5.41, 5.74) is 0.201. The zero-order valence-corrected chi connectivity index (χ0v) is 15.6. The van der Waals surface area contributed by atoms with E-state index in [0.717, 1.165) is 19.5 Å². The van der Waals surface area contributed by atoms with Crippen LogP contribution in [0.2, 0.25) is 0 Å². The number of hydrogen-bond donors (Lipinski definition) is 1. The van der Waals surface area contributed by atoms with Crippen LogP contribution in [0.15, 0.2) is 22.0 Å². The maximum absolute atomic E-state index is 14.8. The molecule has 2 atom stereocenters. The predicted molar refractivity (Wildman–Crippen MR) is 100.0 cm³/mol. The lowest BCUT2D eigenvalue weighted by Gasteiger charge is -2.33. The minimum atomic E-state index is -1.27. The zero-order valence-electron chi connectivity index (χ0n) is 14.8. The molecule has 0 bridgehead atoms. The number of benzene rings is 1. The number of thioether (sulfide) groups is 1. The Hall–Kier alpha value is -2.06. The van der Waals surface area contributed by atoms with Gasteiger partial charge < -0.3 is 19.5 Å². The highest BCUT2D eigenvalue weighted by Crippen LogP contribution is 2.46. The average molecular weight is 377 g/mol. The quantitative estimate of drug-likeness (QED) is 0.887. The lowest BCUT2D eigenvalue weighted by molar-refractivity contribution is 0.0689. The Morgan fingerprint density at radius 1 is 1.38 bits per heavy atom. The van der Waals surface area contributed by atoms with E-state index in [4.69, 9.17) is 0 Å². The van der Waals surface area contributed by atoms with E-state index in [-0.39, 0.29) is 16.3 Å². The molecule has 8 heteroatoms. The number of pyridine rings is 1. The van der Waals surface area contributed by atoms with Gasteiger partial charge in [0.1, 0.15) is 11.4 Å². The molecule has 0 amide bonds. The standard InChI is InChI=1S/C18H20FN3O3S/c1-9-22-13-7-14(21-5-4-10(8-21)20(2)3)12(19)6-11(13)16(23)15(18(24)25)17(22)26-9/h6-7,9-10H,4-5,8H2,1-3H3,(H,24,25). The van der Waals surface area contributed by atoms with Gasteiger partial charge in [0, 0.05) is 24.5 Å². The summed E-state index contributed by atoms with van der Waals surface area (Å²) in [5, 5.41) is 9.99. The molecule has 4 rings (SSSR count). The van der Waals surface area contributed by atoms with Gasteiger partial charge in [-0.15, -0.1) is 0 Å². The normalized spacial score (nSPS) is 22.0. The Kier molecular flexibility index (Phi) is 4.00. The molecule has 1 N–H and O–H groups in total. The van der Waals surface area contributed by atoms with E-state index in [1.54, 1.807) is 6.07 Å². The molecular weight excluding hydrogens is 357 g/mol. The molecule has 2 aliphatic rings. The van der Waals surface area contributed by atoms with Gasteiger partial charge in [-0.1, -0.05) is 11.8 Å². The van der Waals surface area contributed by atoms with Crippen LogP contribution in [0.25, 0.3) is 10.9 Å². The van der Waals surface area contributed by atoms with Crippen LogP contribution in [0.1, 0.15) is 29.1 Å². The molecule has 2 unspecified atom stereocenters. The first-order valence-electron chi connectivity index (χ1n) is 8.52. The number of aromatic nitrogens is 1. The van der Waals surface area contributed by atoms with Crippen molar-refractivity contribution < 1.29 is 14.3 Å². The summed E-state index contributed by atoms with van der Waals surface area (Å²) in [4.78, 5) is 28.3. The molecule has 1 aromatic carbocycles. The van der Waals surface area contributed by atoms with Gasteiger partial charge in [0.25, 0.3) is 0 Å². The highest BCUT2D eigenvalue weighted by molar-refractivity contribution is 8.00. The molecule has 3 heterocycles. The number of anilines is 1. The van der Waals surface area contributed by atoms with Crippen LogP contribution < -0.4 is 10.3 Å². The van der Waals surface area contributed by atoms with Crippen molar-refractivity contribution in [1.29, 1.82) is 0 Å². The van der Waals surface area contributed by atoms with Crippen molar-refractivity contribution in [1.82, 2.24) is 9.47 Å². The van der Waals surface area contributed by atoms with Gasteiger partial charge in [-0.3, -0.25) is 4.79 Å². The third-order valence-electron chi connectivity index (χ3n) is 5.32. The molecule has 26 heavy (non-hydrogen) atoms. The Balaban J connectivity index is 1.89. The van der Waals surface area contributed by atoms with Crippen molar-refractivity contribution in [3.05, 3.63) is 33.7 Å². The fourth-order valence-corrected chi connectivity index (χ4v) is 5.00. The molecule has 2 aromatic rings. The van der Waals surface area contributed by atoms with Crippen molar-refractivity contribution >= 4 is 34.3 Å². The third kappa shape index (κ3) is 2.43. The zero-order chi connectivity index (χ0) is 18.7. The van der Waals surface area contributed by atoms with Gasteiger partial charge in [0.2, 0.25) is 5.43 Å². The second kappa shape index (κ2) is 5.99. The fourth-order valence-electron chi connectivity index (χ4n) is 3.85. The van der Waals surface area contributed by atoms with Gasteiger partial charge in [0.05, 0.1) is 21.6 Å². The summed E-state index contributed by atoms with van der Waals surface area (Å²) in [6.07, 6.45) is 0.951. The minimum Gasteiger partial charge on any atom is -0.477 e. The van der Waals surface area contributed by atoms with Gasteiger partial charge in [-0.25, -0.2) is 9.18 Å². The van der Waals surface area contributed by atoms with Crippen LogP contribution in [0.5, 0.6) is 0 Å². The molecular formula is C18H20FN3O3S. The predicted octanol–water partition coefficient (Wildman–Crippen LogP) is 2.60. The van der Waals surface area contributed by atoms with Gasteiger partial charge >= 0.3 is 5.97 Å². The lowest BCUT2D eigenvalue weighted by atomic mass is 10.1. The number of aromatic carboxylic acids is 1. The minimum absolute atomic E-state index is 0.0117. The Morgan fingerprint density at radius 3 is 2.69 bits per heavy atom. The summed E-state index contributed by atoms with van der Waals surface area (Å²) in [5.74, 6) is -1.75. The van der Waals surface area contributed by atoms with Crippen molar-refractivity contribution in [2.75, 3.05) is 32.1 Å². The summed E-state index contributed by atoms with van der Waals surface area (Å²) in [6.45, 7) is 3.41. The number of carbonyl (C=O) groups is 1. The van der Waals surface area contributed by atoms with Gasteiger partial charge in [0.15, 0.2) is 0 Å². The van der Waals surface area contributed by atoms with E-state index >= 15 is 0 Å². The average Bonchev–Trinajstić information content (AvgIpc) is 3.04. The van der Waals surface area contributed by atoms with Crippen molar-refractivity contribution in [2.24, 2.45) is 0 Å². The Labute approximate surface area is 154 Å². The summed E-state index contributed by atoms with van der Waals surface area (Å²) in [7, 11) is 4.03. The van der Waals surface area contributed by atoms with E-state index in [1.807, 2.05) is 30.5 Å². The molecule has 2 aliphatic heterocycles. The van der Waals surface area contributed by atoms with E-state index in [2.05, 4.69) is 4.90 Å². The number of halogens is 1. The van der Waals surface area contributed by atoms with Crippen LogP contribution in [-0.2, 0) is 0 Å². The highest BCUT2D eigenvalue weighted by atomic mass is 32.2. The highest BCUT2D eigenvalue weighted by Gasteiger charge is 2.34. The smallest absolute Gasteiger partial charge is 0.342 e.